The Hall–Kier alpha value is 0.217. The van der Waals surface area contributed by atoms with E-state index < -0.39 is 8.07 Å². The normalized spacial score (nSPS) is 23.2. The minimum absolute atomic E-state index is 0.611. The Balaban J connectivity index is 0.000000221. The molecule has 0 atom stereocenters. The predicted octanol–water partition coefficient (Wildman–Crippen LogP) is 5.71. The van der Waals surface area contributed by atoms with Crippen molar-refractivity contribution in [2.75, 3.05) is 0 Å². The maximum atomic E-state index is 2.33. The van der Waals surface area contributed by atoms with Gasteiger partial charge in [-0.15, -0.1) is 0 Å². The van der Waals surface area contributed by atoms with Gasteiger partial charge in [-0.3, -0.25) is 0 Å². The van der Waals surface area contributed by atoms with Crippen molar-refractivity contribution in [2.45, 2.75) is 84.0 Å². The average Bonchev–Trinajstić information content (AvgIpc) is 2.74. The van der Waals surface area contributed by atoms with E-state index in [9.17, 15) is 0 Å². The first kappa shape index (κ1) is 14.3. The monoisotopic (exact) mass is 240 g/mol. The lowest BCUT2D eigenvalue weighted by Gasteiger charge is -2.13. The van der Waals surface area contributed by atoms with Crippen molar-refractivity contribution in [3.63, 3.8) is 0 Å². The first-order valence-corrected chi connectivity index (χ1v) is 11.4. The Labute approximate surface area is 104 Å². The van der Waals surface area contributed by atoms with E-state index in [-0.39, 0.29) is 0 Å². The van der Waals surface area contributed by atoms with Crippen molar-refractivity contribution in [2.24, 2.45) is 11.8 Å². The third kappa shape index (κ3) is 7.48. The topological polar surface area (TPSA) is 0 Å². The van der Waals surface area contributed by atoms with E-state index in [0.717, 1.165) is 11.8 Å². The standard InChI is InChI=1S/C11H20.C4H12Si/c1-2-6-10(5-1)9-11-7-3-4-8-11;1-5(2,3)4/h10-11H,1-9H2;1-4H3. The van der Waals surface area contributed by atoms with Crippen molar-refractivity contribution >= 4 is 8.07 Å². The molecule has 1 heteroatoms. The van der Waals surface area contributed by atoms with E-state index in [1.165, 1.54) is 25.7 Å². The van der Waals surface area contributed by atoms with Gasteiger partial charge in [0, 0.05) is 8.07 Å². The fourth-order valence-corrected chi connectivity index (χ4v) is 2.96. The highest BCUT2D eigenvalue weighted by Gasteiger charge is 2.22. The first-order chi connectivity index (χ1) is 7.45. The van der Waals surface area contributed by atoms with Gasteiger partial charge in [0.25, 0.3) is 0 Å². The smallest absolute Gasteiger partial charge is 0.0411 e. The van der Waals surface area contributed by atoms with Crippen LogP contribution in [0.5, 0.6) is 0 Å². The lowest BCUT2D eigenvalue weighted by atomic mass is 9.92. The van der Waals surface area contributed by atoms with Crippen molar-refractivity contribution in [1.82, 2.24) is 0 Å². The van der Waals surface area contributed by atoms with Gasteiger partial charge in [-0.05, 0) is 18.3 Å². The van der Waals surface area contributed by atoms with Gasteiger partial charge in [0.1, 0.15) is 0 Å². The maximum absolute atomic E-state index is 2.33. The molecule has 0 bridgehead atoms. The number of hydrogen-bond acceptors (Lipinski definition) is 0. The minimum Gasteiger partial charge on any atom is -0.0697 e. The highest BCUT2D eigenvalue weighted by molar-refractivity contribution is 6.74. The van der Waals surface area contributed by atoms with Crippen molar-refractivity contribution < 1.29 is 0 Å². The molecule has 2 rings (SSSR count). The molecule has 2 fully saturated rings. The van der Waals surface area contributed by atoms with Crippen LogP contribution in [0.4, 0.5) is 0 Å². The molecule has 0 aromatic rings. The van der Waals surface area contributed by atoms with Gasteiger partial charge in [-0.1, -0.05) is 77.6 Å². The summed E-state index contributed by atoms with van der Waals surface area (Å²) in [5.41, 5.74) is 0. The summed E-state index contributed by atoms with van der Waals surface area (Å²) in [6, 6.07) is 0. The van der Waals surface area contributed by atoms with Gasteiger partial charge >= 0.3 is 0 Å². The highest BCUT2D eigenvalue weighted by Crippen LogP contribution is 2.36. The highest BCUT2D eigenvalue weighted by atomic mass is 28.3. The van der Waals surface area contributed by atoms with E-state index in [0.29, 0.717) is 0 Å². The second kappa shape index (κ2) is 6.83. The van der Waals surface area contributed by atoms with Crippen LogP contribution >= 0.6 is 0 Å². The molecular weight excluding hydrogens is 208 g/mol. The molecule has 2 aliphatic carbocycles. The molecule has 96 valence electrons. The SMILES string of the molecule is C1CCC(CC2CCCC2)C1.C[Si](C)(C)C. The largest absolute Gasteiger partial charge is 0.0697 e. The zero-order chi connectivity index (χ0) is 12.0. The van der Waals surface area contributed by atoms with Crippen LogP contribution in [0, 0.1) is 11.8 Å². The third-order valence-corrected chi connectivity index (χ3v) is 3.62. The summed E-state index contributed by atoms with van der Waals surface area (Å²) in [4.78, 5) is 0. The van der Waals surface area contributed by atoms with Gasteiger partial charge in [0.15, 0.2) is 0 Å². The molecule has 0 unspecified atom stereocenters. The minimum atomic E-state index is -0.611. The average molecular weight is 241 g/mol. The van der Waals surface area contributed by atoms with Gasteiger partial charge in [-0.2, -0.15) is 0 Å². The van der Waals surface area contributed by atoms with E-state index in [4.69, 9.17) is 0 Å². The van der Waals surface area contributed by atoms with Crippen LogP contribution in [-0.2, 0) is 0 Å². The van der Waals surface area contributed by atoms with Crippen LogP contribution < -0.4 is 0 Å². The van der Waals surface area contributed by atoms with E-state index in [1.807, 2.05) is 0 Å². The van der Waals surface area contributed by atoms with Crippen LogP contribution in [0.3, 0.4) is 0 Å². The zero-order valence-corrected chi connectivity index (χ0v) is 13.0. The van der Waals surface area contributed by atoms with Crippen LogP contribution in [0.15, 0.2) is 0 Å². The quantitative estimate of drug-likeness (QED) is 0.542. The van der Waals surface area contributed by atoms with E-state index in [2.05, 4.69) is 26.2 Å². The van der Waals surface area contributed by atoms with Crippen molar-refractivity contribution in [1.29, 1.82) is 0 Å². The molecule has 0 spiro atoms. The molecular formula is C15H32Si. The molecule has 0 aromatic carbocycles. The van der Waals surface area contributed by atoms with E-state index in [1.54, 1.807) is 32.1 Å². The molecule has 2 saturated carbocycles. The lowest BCUT2D eigenvalue weighted by Crippen LogP contribution is -2.10. The molecule has 16 heavy (non-hydrogen) atoms. The molecule has 0 nitrogen and oxygen atoms in total. The number of hydrogen-bond donors (Lipinski definition) is 0. The van der Waals surface area contributed by atoms with Crippen LogP contribution in [0.2, 0.25) is 26.2 Å². The van der Waals surface area contributed by atoms with Crippen LogP contribution in [0.25, 0.3) is 0 Å². The molecule has 0 saturated heterocycles. The van der Waals surface area contributed by atoms with Gasteiger partial charge < -0.3 is 0 Å². The molecule has 0 amide bonds. The van der Waals surface area contributed by atoms with Gasteiger partial charge in [0.2, 0.25) is 0 Å². The summed E-state index contributed by atoms with van der Waals surface area (Å²) >= 11 is 0. The Kier molecular flexibility index (Phi) is 6.10. The van der Waals surface area contributed by atoms with Gasteiger partial charge in [-0.25, -0.2) is 0 Å². The summed E-state index contributed by atoms with van der Waals surface area (Å²) in [5, 5.41) is 0. The predicted molar refractivity (Wildman–Crippen MR) is 77.7 cm³/mol. The van der Waals surface area contributed by atoms with Gasteiger partial charge in [0.05, 0.1) is 0 Å². The number of rotatable bonds is 2. The Morgan fingerprint density at radius 3 is 1.19 bits per heavy atom. The summed E-state index contributed by atoms with van der Waals surface area (Å²) in [6.07, 6.45) is 13.9. The second-order valence-electron chi connectivity index (χ2n) is 7.54. The molecule has 0 radical (unpaired) electrons. The maximum Gasteiger partial charge on any atom is 0.0411 e. The van der Waals surface area contributed by atoms with Crippen LogP contribution in [-0.4, -0.2) is 8.07 Å². The van der Waals surface area contributed by atoms with Crippen LogP contribution in [0.1, 0.15) is 57.8 Å². The summed E-state index contributed by atoms with van der Waals surface area (Å²) in [5.74, 6) is 2.27. The molecule has 0 heterocycles. The molecule has 2 aliphatic rings. The molecule has 0 aliphatic heterocycles. The van der Waals surface area contributed by atoms with E-state index >= 15 is 0 Å². The molecule has 0 N–H and O–H groups in total. The first-order valence-electron chi connectivity index (χ1n) is 7.45. The van der Waals surface area contributed by atoms with Crippen molar-refractivity contribution in [3.8, 4) is 0 Å². The molecule has 0 aromatic heterocycles. The Morgan fingerprint density at radius 1 is 0.688 bits per heavy atom. The third-order valence-electron chi connectivity index (χ3n) is 3.62. The summed E-state index contributed by atoms with van der Waals surface area (Å²) < 4.78 is 0. The lowest BCUT2D eigenvalue weighted by molar-refractivity contribution is 0.382. The zero-order valence-electron chi connectivity index (χ0n) is 12.0. The Morgan fingerprint density at radius 2 is 0.938 bits per heavy atom. The summed E-state index contributed by atoms with van der Waals surface area (Å²) in [7, 11) is -0.611. The fourth-order valence-electron chi connectivity index (χ4n) is 2.96. The van der Waals surface area contributed by atoms with Crippen molar-refractivity contribution in [3.05, 3.63) is 0 Å². The summed E-state index contributed by atoms with van der Waals surface area (Å²) in [6.45, 7) is 9.31. The fraction of sp³-hybridized carbons (Fsp3) is 1.00. The second-order valence-corrected chi connectivity index (χ2v) is 13.5. The Bertz CT molecular complexity index is 148.